The Bertz CT molecular complexity index is 1020. The molecule has 0 atom stereocenters. The van der Waals surface area contributed by atoms with Crippen LogP contribution in [0.5, 0.6) is 0 Å². The minimum Gasteiger partial charge on any atom is -0.383 e. The van der Waals surface area contributed by atoms with Crippen LogP contribution in [0.25, 0.3) is 28.0 Å². The maximum Gasteiger partial charge on any atom is 0.149 e. The van der Waals surface area contributed by atoms with Gasteiger partial charge in [-0.1, -0.05) is 11.7 Å². The number of anilines is 1. The molecule has 0 bridgehead atoms. The maximum atomic E-state index is 6.25. The number of nitrogens with zero attached hydrogens (tertiary/aromatic N) is 4. The molecular weight excluding hydrogens is 316 g/mol. The summed E-state index contributed by atoms with van der Waals surface area (Å²) in [5, 5.41) is 8.72. The number of nitrogens with one attached hydrogen (secondary N) is 1. The van der Waals surface area contributed by atoms with Crippen molar-refractivity contribution in [2.45, 2.75) is 45.2 Å². The SMILES string of the molecule is C=C1NCc2c(c3c(N)ncnc3n2C(C)C)-c2noc(C3CC3)c21. The van der Waals surface area contributed by atoms with Crippen molar-refractivity contribution in [2.24, 2.45) is 0 Å². The molecule has 128 valence electrons. The number of aromatic nitrogens is 4. The van der Waals surface area contributed by atoms with Crippen molar-refractivity contribution in [3.05, 3.63) is 29.9 Å². The lowest BCUT2D eigenvalue weighted by Gasteiger charge is -2.14. The third kappa shape index (κ3) is 1.89. The van der Waals surface area contributed by atoms with Crippen LogP contribution in [0.4, 0.5) is 5.82 Å². The van der Waals surface area contributed by atoms with E-state index in [0.717, 1.165) is 57.8 Å². The van der Waals surface area contributed by atoms with Crippen molar-refractivity contribution >= 4 is 22.5 Å². The highest BCUT2D eigenvalue weighted by Crippen LogP contribution is 2.48. The highest BCUT2D eigenvalue weighted by atomic mass is 16.5. The number of rotatable bonds is 2. The van der Waals surface area contributed by atoms with Gasteiger partial charge in [-0.05, 0) is 26.7 Å². The standard InChI is InChI=1S/C18H20N6O/c1-8(2)24-11-6-20-9(3)12-15(23-25-16(12)10-4-5-10)13(11)14-17(19)21-7-22-18(14)24/h7-8,10,20H,3-6H2,1-2H3,(H2,19,21,22). The Morgan fingerprint density at radius 3 is 2.84 bits per heavy atom. The van der Waals surface area contributed by atoms with Crippen molar-refractivity contribution in [1.29, 1.82) is 0 Å². The third-order valence-electron chi connectivity index (χ3n) is 5.10. The Morgan fingerprint density at radius 1 is 1.32 bits per heavy atom. The second kappa shape index (κ2) is 4.84. The van der Waals surface area contributed by atoms with Crippen LogP contribution in [0.3, 0.4) is 0 Å². The summed E-state index contributed by atoms with van der Waals surface area (Å²) in [6.45, 7) is 9.13. The van der Waals surface area contributed by atoms with Crippen molar-refractivity contribution in [3.63, 3.8) is 0 Å². The topological polar surface area (TPSA) is 94.8 Å². The molecule has 1 saturated carbocycles. The minimum absolute atomic E-state index is 0.229. The van der Waals surface area contributed by atoms with Gasteiger partial charge in [-0.3, -0.25) is 0 Å². The predicted octanol–water partition coefficient (Wildman–Crippen LogP) is 3.20. The molecular formula is C18H20N6O. The van der Waals surface area contributed by atoms with Gasteiger partial charge in [-0.2, -0.15) is 0 Å². The summed E-state index contributed by atoms with van der Waals surface area (Å²) >= 11 is 0. The highest BCUT2D eigenvalue weighted by Gasteiger charge is 2.37. The molecule has 0 aromatic carbocycles. The molecule has 4 heterocycles. The zero-order chi connectivity index (χ0) is 17.3. The lowest BCUT2D eigenvalue weighted by atomic mass is 10.0. The molecule has 1 fully saturated rings. The summed E-state index contributed by atoms with van der Waals surface area (Å²) in [6, 6.07) is 0.229. The van der Waals surface area contributed by atoms with Crippen LogP contribution in [0.1, 0.15) is 55.7 Å². The molecule has 0 amide bonds. The Hall–Kier alpha value is -2.83. The fraction of sp³-hybridized carbons (Fsp3) is 0.389. The number of fused-ring (bicyclic) bond motifs is 5. The molecule has 3 aromatic heterocycles. The normalized spacial score (nSPS) is 16.7. The molecule has 0 spiro atoms. The van der Waals surface area contributed by atoms with E-state index < -0.39 is 0 Å². The van der Waals surface area contributed by atoms with Gasteiger partial charge >= 0.3 is 0 Å². The van der Waals surface area contributed by atoms with Gasteiger partial charge < -0.3 is 20.1 Å². The summed E-state index contributed by atoms with van der Waals surface area (Å²) in [4.78, 5) is 8.73. The summed E-state index contributed by atoms with van der Waals surface area (Å²) in [5.41, 5.74) is 11.8. The summed E-state index contributed by atoms with van der Waals surface area (Å²) < 4.78 is 7.94. The lowest BCUT2D eigenvalue weighted by Crippen LogP contribution is -2.15. The second-order valence-electron chi connectivity index (χ2n) is 7.12. The number of hydrogen-bond acceptors (Lipinski definition) is 6. The average molecular weight is 336 g/mol. The first kappa shape index (κ1) is 14.5. The van der Waals surface area contributed by atoms with E-state index >= 15 is 0 Å². The maximum absolute atomic E-state index is 6.25. The van der Waals surface area contributed by atoms with Crippen LogP contribution in [-0.2, 0) is 6.54 Å². The first-order valence-electron chi connectivity index (χ1n) is 8.64. The molecule has 5 rings (SSSR count). The molecule has 1 aliphatic carbocycles. The molecule has 0 radical (unpaired) electrons. The Kier molecular flexibility index (Phi) is 2.81. The lowest BCUT2D eigenvalue weighted by molar-refractivity contribution is 0.385. The van der Waals surface area contributed by atoms with Gasteiger partial charge in [0.05, 0.1) is 17.5 Å². The van der Waals surface area contributed by atoms with Crippen LogP contribution in [0.15, 0.2) is 17.4 Å². The Balaban J connectivity index is 1.91. The molecule has 2 aliphatic rings. The first-order chi connectivity index (χ1) is 12.1. The van der Waals surface area contributed by atoms with E-state index in [-0.39, 0.29) is 6.04 Å². The number of nitrogens with two attached hydrogens (primary N) is 1. The van der Waals surface area contributed by atoms with Gasteiger partial charge in [-0.15, -0.1) is 0 Å². The molecule has 7 heteroatoms. The van der Waals surface area contributed by atoms with E-state index in [9.17, 15) is 0 Å². The summed E-state index contributed by atoms with van der Waals surface area (Å²) in [7, 11) is 0. The summed E-state index contributed by atoms with van der Waals surface area (Å²) in [6.07, 6.45) is 3.79. The van der Waals surface area contributed by atoms with Crippen molar-refractivity contribution < 1.29 is 4.52 Å². The molecule has 3 N–H and O–H groups in total. The van der Waals surface area contributed by atoms with Gasteiger partial charge in [0, 0.05) is 28.9 Å². The highest BCUT2D eigenvalue weighted by molar-refractivity contribution is 6.04. The van der Waals surface area contributed by atoms with Gasteiger partial charge in [0.25, 0.3) is 0 Å². The van der Waals surface area contributed by atoms with E-state index in [1.165, 1.54) is 6.33 Å². The molecule has 1 aliphatic heterocycles. The first-order valence-corrected chi connectivity index (χ1v) is 8.64. The van der Waals surface area contributed by atoms with Crippen LogP contribution >= 0.6 is 0 Å². The van der Waals surface area contributed by atoms with Gasteiger partial charge in [-0.25, -0.2) is 9.97 Å². The fourth-order valence-corrected chi connectivity index (χ4v) is 3.86. The van der Waals surface area contributed by atoms with Crippen molar-refractivity contribution in [2.75, 3.05) is 5.73 Å². The fourth-order valence-electron chi connectivity index (χ4n) is 3.86. The zero-order valence-electron chi connectivity index (χ0n) is 14.3. The Morgan fingerprint density at radius 2 is 2.12 bits per heavy atom. The largest absolute Gasteiger partial charge is 0.383 e. The van der Waals surface area contributed by atoms with Crippen molar-refractivity contribution in [3.8, 4) is 11.3 Å². The monoisotopic (exact) mass is 336 g/mol. The van der Waals surface area contributed by atoms with E-state index in [0.29, 0.717) is 18.3 Å². The van der Waals surface area contributed by atoms with E-state index in [1.54, 1.807) is 0 Å². The number of hydrogen-bond donors (Lipinski definition) is 2. The minimum atomic E-state index is 0.229. The third-order valence-corrected chi connectivity index (χ3v) is 5.10. The quantitative estimate of drug-likeness (QED) is 0.746. The second-order valence-corrected chi connectivity index (χ2v) is 7.12. The summed E-state index contributed by atoms with van der Waals surface area (Å²) in [5.74, 6) is 1.85. The van der Waals surface area contributed by atoms with Gasteiger partial charge in [0.15, 0.2) is 0 Å². The van der Waals surface area contributed by atoms with Gasteiger partial charge in [0.2, 0.25) is 0 Å². The van der Waals surface area contributed by atoms with Crippen LogP contribution in [0, 0.1) is 0 Å². The van der Waals surface area contributed by atoms with Crippen molar-refractivity contribution in [1.82, 2.24) is 25.0 Å². The molecule has 25 heavy (non-hydrogen) atoms. The van der Waals surface area contributed by atoms with Crippen LogP contribution < -0.4 is 11.1 Å². The van der Waals surface area contributed by atoms with E-state index in [1.807, 2.05) is 0 Å². The molecule has 3 aromatic rings. The van der Waals surface area contributed by atoms with Crippen LogP contribution in [-0.4, -0.2) is 19.7 Å². The van der Waals surface area contributed by atoms with Crippen LogP contribution in [0.2, 0.25) is 0 Å². The van der Waals surface area contributed by atoms with E-state index in [2.05, 4.69) is 45.4 Å². The van der Waals surface area contributed by atoms with Gasteiger partial charge in [0.1, 0.15) is 29.2 Å². The smallest absolute Gasteiger partial charge is 0.149 e. The number of nitrogen functional groups attached to an aromatic ring is 1. The Labute approximate surface area is 144 Å². The molecule has 0 unspecified atom stereocenters. The van der Waals surface area contributed by atoms with E-state index in [4.69, 9.17) is 10.3 Å². The predicted molar refractivity (Wildman–Crippen MR) is 95.7 cm³/mol. The molecule has 7 nitrogen and oxygen atoms in total. The zero-order valence-corrected chi connectivity index (χ0v) is 14.3. The average Bonchev–Trinajstić information content (AvgIpc) is 3.26. The molecule has 0 saturated heterocycles.